The average molecular weight is 347 g/mol. The van der Waals surface area contributed by atoms with E-state index in [0.717, 1.165) is 27.3 Å². The van der Waals surface area contributed by atoms with E-state index in [4.69, 9.17) is 9.57 Å². The van der Waals surface area contributed by atoms with Crippen LogP contribution < -0.4 is 0 Å². The van der Waals surface area contributed by atoms with Gasteiger partial charge in [-0.2, -0.15) is 5.06 Å². The number of amides is 1. The van der Waals surface area contributed by atoms with Gasteiger partial charge in [-0.3, -0.25) is 4.84 Å². The van der Waals surface area contributed by atoms with Gasteiger partial charge >= 0.3 is 6.09 Å². The molecule has 25 heavy (non-hydrogen) atoms. The summed E-state index contributed by atoms with van der Waals surface area (Å²) < 4.78 is 30.0. The fraction of sp³-hybridized carbons (Fsp3) is 0.316. The summed E-state index contributed by atoms with van der Waals surface area (Å²) in [5.74, 6) is -0.0786. The number of rotatable bonds is 6. The molecule has 0 heterocycles. The van der Waals surface area contributed by atoms with Crippen LogP contribution in [0.3, 0.4) is 0 Å². The highest BCUT2D eigenvalue weighted by Gasteiger charge is 2.29. The van der Waals surface area contributed by atoms with Crippen LogP contribution in [0.15, 0.2) is 48.5 Å². The Bertz CT molecular complexity index is 705. The number of nitrogens with zero attached hydrogens (tertiary/aromatic N) is 1. The molecule has 1 amide bonds. The second-order valence-electron chi connectivity index (χ2n) is 5.77. The minimum atomic E-state index is -2.50. The lowest BCUT2D eigenvalue weighted by Gasteiger charge is -2.21. The zero-order valence-electron chi connectivity index (χ0n) is 13.8. The van der Waals surface area contributed by atoms with Crippen molar-refractivity contribution in [3.8, 4) is 11.1 Å². The molecule has 0 aromatic heterocycles. The first kappa shape index (κ1) is 17.4. The fourth-order valence-electron chi connectivity index (χ4n) is 3.14. The first-order valence-corrected chi connectivity index (χ1v) is 8.06. The van der Waals surface area contributed by atoms with Gasteiger partial charge in [0.1, 0.15) is 6.61 Å². The van der Waals surface area contributed by atoms with E-state index in [9.17, 15) is 13.6 Å². The number of halogens is 2. The predicted octanol–water partition coefficient (Wildman–Crippen LogP) is 4.45. The summed E-state index contributed by atoms with van der Waals surface area (Å²) >= 11 is 0. The second-order valence-corrected chi connectivity index (χ2v) is 5.77. The lowest BCUT2D eigenvalue weighted by molar-refractivity contribution is -0.115. The molecule has 1 aliphatic rings. The SMILES string of the molecule is CON(CCC(F)F)C(=O)OCC1c2ccccc2-c2ccccc21. The molecule has 0 unspecified atom stereocenters. The molecule has 0 aliphatic heterocycles. The summed E-state index contributed by atoms with van der Waals surface area (Å²) in [5, 5.41) is 0.818. The number of benzene rings is 2. The number of alkyl halides is 2. The van der Waals surface area contributed by atoms with Gasteiger partial charge < -0.3 is 4.74 Å². The Kier molecular flexibility index (Phi) is 5.28. The van der Waals surface area contributed by atoms with Crippen LogP contribution in [0, 0.1) is 0 Å². The third-order valence-electron chi connectivity index (χ3n) is 4.31. The lowest BCUT2D eigenvalue weighted by atomic mass is 9.98. The highest BCUT2D eigenvalue weighted by atomic mass is 19.3. The predicted molar refractivity (Wildman–Crippen MR) is 89.4 cm³/mol. The van der Waals surface area contributed by atoms with E-state index in [2.05, 4.69) is 0 Å². The molecule has 6 heteroatoms. The van der Waals surface area contributed by atoms with Gasteiger partial charge in [0.2, 0.25) is 6.43 Å². The average Bonchev–Trinajstić information content (AvgIpc) is 2.94. The van der Waals surface area contributed by atoms with E-state index in [1.807, 2.05) is 48.5 Å². The first-order valence-electron chi connectivity index (χ1n) is 8.06. The minimum Gasteiger partial charge on any atom is -0.447 e. The number of ether oxygens (including phenoxy) is 1. The first-order chi connectivity index (χ1) is 12.1. The normalized spacial score (nSPS) is 12.8. The van der Waals surface area contributed by atoms with E-state index in [1.165, 1.54) is 7.11 Å². The zero-order valence-corrected chi connectivity index (χ0v) is 13.8. The van der Waals surface area contributed by atoms with Crippen LogP contribution in [0.2, 0.25) is 0 Å². The van der Waals surface area contributed by atoms with Gasteiger partial charge in [-0.25, -0.2) is 13.6 Å². The van der Waals surface area contributed by atoms with Crippen LogP contribution in [-0.4, -0.2) is 37.8 Å². The molecule has 0 N–H and O–H groups in total. The number of hydrogen-bond donors (Lipinski definition) is 0. The van der Waals surface area contributed by atoms with Gasteiger partial charge in [0, 0.05) is 12.3 Å². The minimum absolute atomic E-state index is 0.0786. The van der Waals surface area contributed by atoms with Crippen LogP contribution in [0.5, 0.6) is 0 Å². The van der Waals surface area contributed by atoms with Crippen molar-refractivity contribution >= 4 is 6.09 Å². The van der Waals surface area contributed by atoms with E-state index in [1.54, 1.807) is 0 Å². The van der Waals surface area contributed by atoms with E-state index in [0.29, 0.717) is 0 Å². The van der Waals surface area contributed by atoms with Crippen molar-refractivity contribution in [2.24, 2.45) is 0 Å². The highest BCUT2D eigenvalue weighted by Crippen LogP contribution is 2.44. The van der Waals surface area contributed by atoms with Gasteiger partial charge in [0.15, 0.2) is 0 Å². The van der Waals surface area contributed by atoms with Crippen LogP contribution in [0.25, 0.3) is 11.1 Å². The van der Waals surface area contributed by atoms with Crippen molar-refractivity contribution in [3.63, 3.8) is 0 Å². The van der Waals surface area contributed by atoms with E-state index in [-0.39, 0.29) is 19.1 Å². The molecular weight excluding hydrogens is 328 g/mol. The maximum absolute atomic E-state index is 12.3. The summed E-state index contributed by atoms with van der Waals surface area (Å²) in [6.45, 7) is -0.0910. The maximum Gasteiger partial charge on any atom is 0.433 e. The molecule has 0 fully saturated rings. The third kappa shape index (κ3) is 3.64. The van der Waals surface area contributed by atoms with E-state index >= 15 is 0 Å². The zero-order chi connectivity index (χ0) is 17.8. The van der Waals surface area contributed by atoms with Crippen molar-refractivity contribution in [3.05, 3.63) is 59.7 Å². The number of hydrogen-bond acceptors (Lipinski definition) is 3. The van der Waals surface area contributed by atoms with E-state index < -0.39 is 18.9 Å². The number of fused-ring (bicyclic) bond motifs is 3. The molecule has 3 rings (SSSR count). The van der Waals surface area contributed by atoms with Crippen molar-refractivity contribution in [2.75, 3.05) is 20.3 Å². The molecule has 2 aromatic rings. The third-order valence-corrected chi connectivity index (χ3v) is 4.31. The molecule has 0 bridgehead atoms. The van der Waals surface area contributed by atoms with Gasteiger partial charge in [-0.1, -0.05) is 48.5 Å². The van der Waals surface area contributed by atoms with Gasteiger partial charge in [0.05, 0.1) is 13.7 Å². The van der Waals surface area contributed by atoms with Crippen molar-refractivity contribution in [2.45, 2.75) is 18.8 Å². The fourth-order valence-corrected chi connectivity index (χ4v) is 3.14. The Labute approximate surface area is 144 Å². The quantitative estimate of drug-likeness (QED) is 0.725. The summed E-state index contributed by atoms with van der Waals surface area (Å²) in [6, 6.07) is 16.0. The molecule has 4 nitrogen and oxygen atoms in total. The van der Waals surface area contributed by atoms with Gasteiger partial charge in [-0.15, -0.1) is 0 Å². The summed E-state index contributed by atoms with van der Waals surface area (Å²) in [4.78, 5) is 16.9. The molecule has 0 spiro atoms. The van der Waals surface area contributed by atoms with Crippen molar-refractivity contribution < 1.29 is 23.1 Å². The molecule has 2 aromatic carbocycles. The largest absolute Gasteiger partial charge is 0.447 e. The van der Waals surface area contributed by atoms with Crippen molar-refractivity contribution in [1.82, 2.24) is 5.06 Å². The van der Waals surface area contributed by atoms with Gasteiger partial charge in [-0.05, 0) is 22.3 Å². The Morgan fingerprint density at radius 1 is 1.08 bits per heavy atom. The lowest BCUT2D eigenvalue weighted by Crippen LogP contribution is -2.33. The Morgan fingerprint density at radius 2 is 1.64 bits per heavy atom. The van der Waals surface area contributed by atoms with Crippen LogP contribution >= 0.6 is 0 Å². The Morgan fingerprint density at radius 3 is 2.16 bits per heavy atom. The smallest absolute Gasteiger partial charge is 0.433 e. The maximum atomic E-state index is 12.3. The Balaban J connectivity index is 1.72. The number of hydroxylamine groups is 2. The summed E-state index contributed by atoms with van der Waals surface area (Å²) in [6.07, 6.45) is -3.72. The summed E-state index contributed by atoms with van der Waals surface area (Å²) in [5.41, 5.74) is 4.43. The van der Waals surface area contributed by atoms with Gasteiger partial charge in [0.25, 0.3) is 0 Å². The molecule has 1 aliphatic carbocycles. The van der Waals surface area contributed by atoms with Crippen molar-refractivity contribution in [1.29, 1.82) is 0 Å². The summed E-state index contributed by atoms with van der Waals surface area (Å²) in [7, 11) is 1.26. The molecule has 132 valence electrons. The monoisotopic (exact) mass is 347 g/mol. The number of carbonyl (C=O) groups excluding carboxylic acids is 1. The Hall–Kier alpha value is -2.47. The standard InChI is InChI=1S/C19H19F2NO3/c1-24-22(11-10-18(20)21)19(23)25-12-17-15-8-4-2-6-13(15)14-7-3-5-9-16(14)17/h2-9,17-18H,10-12H2,1H3. The second kappa shape index (κ2) is 7.61. The molecule has 0 saturated carbocycles. The topological polar surface area (TPSA) is 38.8 Å². The van der Waals surface area contributed by atoms with Crippen LogP contribution in [0.1, 0.15) is 23.5 Å². The number of carbonyl (C=O) groups is 1. The molecular formula is C19H19F2NO3. The molecule has 0 saturated heterocycles. The highest BCUT2D eigenvalue weighted by molar-refractivity contribution is 5.79. The molecule has 0 radical (unpaired) electrons. The molecule has 0 atom stereocenters. The van der Waals surface area contributed by atoms with Crippen LogP contribution in [-0.2, 0) is 9.57 Å². The van der Waals surface area contributed by atoms with Crippen LogP contribution in [0.4, 0.5) is 13.6 Å².